The number of fused-ring (bicyclic) bond motifs is 1. The van der Waals surface area contributed by atoms with E-state index in [0.717, 1.165) is 27.8 Å². The molecule has 5 nitrogen and oxygen atoms in total. The highest BCUT2D eigenvalue weighted by atomic mass is 35.5. The largest absolute Gasteiger partial charge is 0.381 e. The highest BCUT2D eigenvalue weighted by molar-refractivity contribution is 6.30. The molecule has 2 aromatic heterocycles. The molecule has 0 radical (unpaired) electrons. The Morgan fingerprint density at radius 1 is 1.42 bits per heavy atom. The van der Waals surface area contributed by atoms with Crippen molar-refractivity contribution in [1.82, 2.24) is 20.0 Å². The molecule has 3 aromatic rings. The summed E-state index contributed by atoms with van der Waals surface area (Å²) in [6.45, 7) is 2.62. The molecule has 0 unspecified atom stereocenters. The number of nitrogens with one attached hydrogen (secondary N) is 2. The van der Waals surface area contributed by atoms with Crippen molar-refractivity contribution in [3.63, 3.8) is 0 Å². The zero-order valence-corrected chi connectivity index (χ0v) is 11.5. The van der Waals surface area contributed by atoms with Crippen LogP contribution < -0.4 is 5.32 Å². The van der Waals surface area contributed by atoms with Gasteiger partial charge in [-0.1, -0.05) is 11.6 Å². The molecular weight excluding hydrogens is 262 g/mol. The summed E-state index contributed by atoms with van der Waals surface area (Å²) >= 11 is 6.20. The number of halogens is 1. The monoisotopic (exact) mass is 275 g/mol. The fraction of sp³-hybridized carbons (Fsp3) is 0.231. The van der Waals surface area contributed by atoms with Crippen LogP contribution in [0.3, 0.4) is 0 Å². The summed E-state index contributed by atoms with van der Waals surface area (Å²) in [5.74, 6) is 0. The third-order valence-corrected chi connectivity index (χ3v) is 3.65. The molecule has 98 valence electrons. The Morgan fingerprint density at radius 2 is 2.26 bits per heavy atom. The Morgan fingerprint density at radius 3 is 3.00 bits per heavy atom. The number of hydrogen-bond acceptors (Lipinski definition) is 3. The molecule has 1 aromatic carbocycles. The van der Waals surface area contributed by atoms with Crippen LogP contribution >= 0.6 is 11.6 Å². The molecular formula is C13H14ClN5. The highest BCUT2D eigenvalue weighted by Gasteiger charge is 2.10. The van der Waals surface area contributed by atoms with Gasteiger partial charge >= 0.3 is 0 Å². The van der Waals surface area contributed by atoms with Crippen molar-refractivity contribution in [2.24, 2.45) is 7.05 Å². The van der Waals surface area contributed by atoms with Crippen LogP contribution in [0.5, 0.6) is 0 Å². The molecule has 0 bridgehead atoms. The maximum atomic E-state index is 6.20. The van der Waals surface area contributed by atoms with Gasteiger partial charge in [-0.15, -0.1) is 0 Å². The number of benzene rings is 1. The van der Waals surface area contributed by atoms with Crippen molar-refractivity contribution in [3.8, 4) is 0 Å². The van der Waals surface area contributed by atoms with Crippen LogP contribution in [0.15, 0.2) is 24.4 Å². The minimum Gasteiger partial charge on any atom is -0.381 e. The first-order valence-corrected chi connectivity index (χ1v) is 6.38. The summed E-state index contributed by atoms with van der Waals surface area (Å²) in [6.07, 6.45) is 1.81. The van der Waals surface area contributed by atoms with Crippen LogP contribution in [0.2, 0.25) is 5.15 Å². The van der Waals surface area contributed by atoms with E-state index >= 15 is 0 Å². The fourth-order valence-electron chi connectivity index (χ4n) is 2.12. The lowest BCUT2D eigenvalue weighted by Gasteiger charge is -2.06. The van der Waals surface area contributed by atoms with Crippen LogP contribution in [0.1, 0.15) is 11.3 Å². The number of aryl methyl sites for hydroxylation is 2. The lowest BCUT2D eigenvalue weighted by Crippen LogP contribution is -2.00. The standard InChI is InChI=1S/C13H14ClN5/c1-8-11(13(14)19(2)18-8)7-15-10-3-4-12-9(5-10)6-16-17-12/h3-6,15H,7H2,1-2H3,(H,16,17). The Hall–Kier alpha value is -2.01. The van der Waals surface area contributed by atoms with E-state index in [9.17, 15) is 0 Å². The average molecular weight is 276 g/mol. The molecule has 3 rings (SSSR count). The third-order valence-electron chi connectivity index (χ3n) is 3.18. The molecule has 0 aliphatic heterocycles. The van der Waals surface area contributed by atoms with E-state index in [0.29, 0.717) is 11.7 Å². The van der Waals surface area contributed by atoms with E-state index in [1.807, 2.05) is 32.3 Å². The van der Waals surface area contributed by atoms with Crippen LogP contribution in [0, 0.1) is 6.92 Å². The summed E-state index contributed by atoms with van der Waals surface area (Å²) in [6, 6.07) is 6.07. The van der Waals surface area contributed by atoms with Crippen molar-refractivity contribution in [1.29, 1.82) is 0 Å². The molecule has 0 aliphatic carbocycles. The molecule has 19 heavy (non-hydrogen) atoms. The fourth-order valence-corrected chi connectivity index (χ4v) is 2.36. The zero-order valence-electron chi connectivity index (χ0n) is 10.7. The molecule has 2 heterocycles. The van der Waals surface area contributed by atoms with Gasteiger partial charge in [-0.3, -0.25) is 9.78 Å². The lowest BCUT2D eigenvalue weighted by atomic mass is 10.2. The van der Waals surface area contributed by atoms with Crippen LogP contribution in [0.25, 0.3) is 10.9 Å². The molecule has 0 atom stereocenters. The van der Waals surface area contributed by atoms with E-state index in [1.165, 1.54) is 0 Å². The van der Waals surface area contributed by atoms with Gasteiger partial charge in [0.05, 0.1) is 17.4 Å². The molecule has 0 saturated carbocycles. The quantitative estimate of drug-likeness (QED) is 0.773. The van der Waals surface area contributed by atoms with Crippen LogP contribution in [0.4, 0.5) is 5.69 Å². The van der Waals surface area contributed by atoms with E-state index < -0.39 is 0 Å². The maximum absolute atomic E-state index is 6.20. The maximum Gasteiger partial charge on any atom is 0.131 e. The van der Waals surface area contributed by atoms with Gasteiger partial charge < -0.3 is 5.32 Å². The van der Waals surface area contributed by atoms with Crippen molar-refractivity contribution in [2.45, 2.75) is 13.5 Å². The number of H-pyrrole nitrogens is 1. The van der Waals surface area contributed by atoms with Gasteiger partial charge in [0.1, 0.15) is 5.15 Å². The molecule has 0 aliphatic rings. The summed E-state index contributed by atoms with van der Waals surface area (Å²) in [4.78, 5) is 0. The molecule has 0 saturated heterocycles. The smallest absolute Gasteiger partial charge is 0.131 e. The van der Waals surface area contributed by atoms with Crippen molar-refractivity contribution in [2.75, 3.05) is 5.32 Å². The Bertz CT molecular complexity index is 728. The first-order chi connectivity index (χ1) is 9.15. The van der Waals surface area contributed by atoms with Gasteiger partial charge in [-0.2, -0.15) is 10.2 Å². The third kappa shape index (κ3) is 2.17. The van der Waals surface area contributed by atoms with Crippen LogP contribution in [-0.4, -0.2) is 20.0 Å². The Labute approximate surface area is 115 Å². The van der Waals surface area contributed by atoms with Gasteiger partial charge in [0.15, 0.2) is 0 Å². The molecule has 0 amide bonds. The average Bonchev–Trinajstić information content (AvgIpc) is 2.94. The SMILES string of the molecule is Cc1nn(C)c(Cl)c1CNc1ccc2[nH]ncc2c1. The second-order valence-corrected chi connectivity index (χ2v) is 4.86. The lowest BCUT2D eigenvalue weighted by molar-refractivity contribution is 0.757. The number of aromatic amines is 1. The first kappa shape index (κ1) is 12.0. The normalized spacial score (nSPS) is 11.1. The van der Waals surface area contributed by atoms with E-state index in [-0.39, 0.29) is 0 Å². The second kappa shape index (κ2) is 4.59. The number of aromatic nitrogens is 4. The molecule has 6 heteroatoms. The summed E-state index contributed by atoms with van der Waals surface area (Å²) in [7, 11) is 1.84. The second-order valence-electron chi connectivity index (χ2n) is 4.50. The topological polar surface area (TPSA) is 58.5 Å². The predicted molar refractivity (Wildman–Crippen MR) is 76.4 cm³/mol. The van der Waals surface area contributed by atoms with Gasteiger partial charge in [-0.25, -0.2) is 0 Å². The molecule has 0 fully saturated rings. The van der Waals surface area contributed by atoms with Crippen molar-refractivity contribution in [3.05, 3.63) is 40.8 Å². The van der Waals surface area contributed by atoms with E-state index in [2.05, 4.69) is 26.7 Å². The number of rotatable bonds is 3. The van der Waals surface area contributed by atoms with Gasteiger partial charge in [-0.05, 0) is 25.1 Å². The molecule has 2 N–H and O–H groups in total. The summed E-state index contributed by atoms with van der Waals surface area (Å²) in [5, 5.41) is 16.3. The highest BCUT2D eigenvalue weighted by Crippen LogP contribution is 2.21. The van der Waals surface area contributed by atoms with Crippen molar-refractivity contribution >= 4 is 28.2 Å². The van der Waals surface area contributed by atoms with E-state index in [1.54, 1.807) is 4.68 Å². The molecule has 0 spiro atoms. The number of anilines is 1. The summed E-state index contributed by atoms with van der Waals surface area (Å²) in [5.41, 5.74) is 4.04. The van der Waals surface area contributed by atoms with Crippen LogP contribution in [-0.2, 0) is 13.6 Å². The zero-order chi connectivity index (χ0) is 13.4. The number of hydrogen-bond donors (Lipinski definition) is 2. The minimum atomic E-state index is 0.655. The van der Waals surface area contributed by atoms with Gasteiger partial charge in [0, 0.05) is 30.2 Å². The first-order valence-electron chi connectivity index (χ1n) is 6.00. The minimum absolute atomic E-state index is 0.655. The predicted octanol–water partition coefficient (Wildman–Crippen LogP) is 2.87. The number of nitrogens with zero attached hydrogens (tertiary/aromatic N) is 3. The Balaban J connectivity index is 1.81. The Kier molecular flexibility index (Phi) is 2.91. The van der Waals surface area contributed by atoms with Crippen molar-refractivity contribution < 1.29 is 0 Å². The van der Waals surface area contributed by atoms with Gasteiger partial charge in [0.25, 0.3) is 0 Å². The van der Waals surface area contributed by atoms with Gasteiger partial charge in [0.2, 0.25) is 0 Å². The summed E-state index contributed by atoms with van der Waals surface area (Å²) < 4.78 is 1.69. The van der Waals surface area contributed by atoms with E-state index in [4.69, 9.17) is 11.6 Å².